The number of nitrogens with two attached hydrogens (primary N) is 2. The van der Waals surface area contributed by atoms with E-state index in [2.05, 4.69) is 33.9 Å². The number of benzene rings is 1. The zero-order valence-corrected chi connectivity index (χ0v) is 33.6. The minimum atomic E-state index is -1.69. The van der Waals surface area contributed by atoms with E-state index < -0.39 is 102 Å². The number of carboxylic acid groups (broad SMARTS) is 1. The van der Waals surface area contributed by atoms with Gasteiger partial charge >= 0.3 is 5.97 Å². The van der Waals surface area contributed by atoms with Gasteiger partial charge < -0.3 is 52.7 Å². The van der Waals surface area contributed by atoms with Crippen molar-refractivity contribution in [2.24, 2.45) is 17.4 Å². The number of likely N-dealkylation sites (N-methyl/N-ethyl adjacent to an activating group) is 1. The lowest BCUT2D eigenvalue weighted by Gasteiger charge is -2.32. The number of amides is 8. The summed E-state index contributed by atoms with van der Waals surface area (Å²) in [5, 5.41) is 29.2. The third kappa shape index (κ3) is 14.6. The summed E-state index contributed by atoms with van der Waals surface area (Å²) in [6, 6.07) is -1.96. The number of primary amides is 2. The van der Waals surface area contributed by atoms with Crippen molar-refractivity contribution in [3.63, 3.8) is 0 Å². The Morgan fingerprint density at radius 1 is 0.860 bits per heavy atom. The molecule has 0 radical (unpaired) electrons. The summed E-state index contributed by atoms with van der Waals surface area (Å²) in [5.74, 6) is -8.48. The molecule has 1 aromatic carbocycles. The second-order valence-electron chi connectivity index (χ2n) is 14.1. The van der Waals surface area contributed by atoms with E-state index in [1.54, 1.807) is 26.0 Å². The predicted octanol–water partition coefficient (Wildman–Crippen LogP) is -1.31. The predicted molar refractivity (Wildman–Crippen MR) is 209 cm³/mol. The van der Waals surface area contributed by atoms with E-state index in [1.807, 2.05) is 6.92 Å². The first-order valence-corrected chi connectivity index (χ1v) is 19.4. The Hall–Kier alpha value is -5.40. The number of likely N-dealkylation sites (tertiary alicyclic amines) is 1. The Balaban J connectivity index is 2.36. The van der Waals surface area contributed by atoms with Gasteiger partial charge in [0.25, 0.3) is 0 Å². The molecule has 316 valence electrons. The van der Waals surface area contributed by atoms with Crippen LogP contribution in [0, 0.1) is 5.92 Å². The highest BCUT2D eigenvalue weighted by Gasteiger charge is 2.39. The maximum absolute atomic E-state index is 13.9. The largest absolute Gasteiger partial charge is 0.508 e. The van der Waals surface area contributed by atoms with Crippen LogP contribution in [0.4, 0.5) is 0 Å². The number of carboxylic acids is 1. The maximum atomic E-state index is 13.9. The van der Waals surface area contributed by atoms with Crippen molar-refractivity contribution in [2.45, 2.75) is 115 Å². The summed E-state index contributed by atoms with van der Waals surface area (Å²) in [6.07, 6.45) is 0.217. The molecule has 20 heteroatoms. The molecule has 8 amide bonds. The molecule has 2 rings (SSSR count). The molecule has 1 aromatic rings. The normalized spacial score (nSPS) is 16.8. The minimum absolute atomic E-state index is 0.00493. The van der Waals surface area contributed by atoms with Crippen LogP contribution in [0.1, 0.15) is 77.7 Å². The molecule has 0 aromatic heterocycles. The van der Waals surface area contributed by atoms with Gasteiger partial charge in [-0.3, -0.25) is 38.4 Å². The van der Waals surface area contributed by atoms with Crippen molar-refractivity contribution < 1.29 is 53.4 Å². The van der Waals surface area contributed by atoms with Crippen LogP contribution in [0.15, 0.2) is 24.3 Å². The van der Waals surface area contributed by atoms with Crippen molar-refractivity contribution in [3.8, 4) is 5.75 Å². The number of aliphatic carboxylic acids is 1. The number of aromatic hydroxyl groups is 1. The van der Waals surface area contributed by atoms with Gasteiger partial charge in [-0.2, -0.15) is 12.6 Å². The van der Waals surface area contributed by atoms with Crippen molar-refractivity contribution in [1.82, 2.24) is 31.1 Å². The van der Waals surface area contributed by atoms with Crippen LogP contribution in [0.3, 0.4) is 0 Å². The number of hydrogen-bond acceptors (Lipinski definition) is 11. The summed E-state index contributed by atoms with van der Waals surface area (Å²) in [6.45, 7) is 5.38. The van der Waals surface area contributed by atoms with Gasteiger partial charge in [-0.05, 0) is 49.3 Å². The third-order valence-corrected chi connectivity index (χ3v) is 10.1. The molecule has 1 heterocycles. The quantitative estimate of drug-likeness (QED) is 0.0585. The van der Waals surface area contributed by atoms with E-state index in [0.29, 0.717) is 24.8 Å². The molecule has 7 atom stereocenters. The van der Waals surface area contributed by atoms with Gasteiger partial charge in [-0.25, -0.2) is 4.79 Å². The van der Waals surface area contributed by atoms with Gasteiger partial charge in [0, 0.05) is 38.6 Å². The van der Waals surface area contributed by atoms with Gasteiger partial charge in [0.1, 0.15) is 42.0 Å². The number of nitrogens with zero attached hydrogens (tertiary/aromatic N) is 2. The second kappa shape index (κ2) is 23.0. The van der Waals surface area contributed by atoms with Crippen LogP contribution >= 0.6 is 12.6 Å². The minimum Gasteiger partial charge on any atom is -0.508 e. The highest BCUT2D eigenvalue weighted by Crippen LogP contribution is 2.20. The number of nitrogens with one attached hydrogen (secondary N) is 4. The Labute approximate surface area is 336 Å². The summed E-state index contributed by atoms with van der Waals surface area (Å²) in [5.41, 5.74) is 11.3. The summed E-state index contributed by atoms with van der Waals surface area (Å²) in [7, 11) is 1.47. The molecule has 1 saturated heterocycles. The van der Waals surface area contributed by atoms with Crippen LogP contribution in [-0.2, 0) is 49.6 Å². The standard InChI is InChI=1S/C37H56N8O11S/c1-5-8-30(49)44(4)27(17-21-10-12-22(46)13-11-21)34(52)43-31(20(3)6-2)35(53)40-23(14-15-28(38)47)32(50)41-24(18-29(39)48)33(51)42-25(19-57)36(54)45-16-7-9-26(45)37(55)56/h10-13,20,23-27,31,46,57H,5-9,14-19H2,1-4H3,(H2,38,47)(H2,39,48)(H,40,53)(H,41,50)(H,42,51)(H,43,52)(H,55,56)/t20-,23-,24-,25-,26-,27-,31-/m0/s1. The Morgan fingerprint density at radius 2 is 1.46 bits per heavy atom. The summed E-state index contributed by atoms with van der Waals surface area (Å²) < 4.78 is 0. The molecule has 0 spiro atoms. The van der Waals surface area contributed by atoms with Gasteiger partial charge in [-0.1, -0.05) is 39.3 Å². The second-order valence-corrected chi connectivity index (χ2v) is 14.4. The number of hydrogen-bond donors (Lipinski definition) is 9. The molecule has 0 unspecified atom stereocenters. The average Bonchev–Trinajstić information content (AvgIpc) is 3.66. The van der Waals surface area contributed by atoms with Crippen LogP contribution in [0.2, 0.25) is 0 Å². The van der Waals surface area contributed by atoms with Crippen molar-refractivity contribution in [1.29, 1.82) is 0 Å². The molecule has 0 saturated carbocycles. The monoisotopic (exact) mass is 820 g/mol. The molecule has 19 nitrogen and oxygen atoms in total. The smallest absolute Gasteiger partial charge is 0.326 e. The Bertz CT molecular complexity index is 1630. The molecule has 1 fully saturated rings. The number of rotatable bonds is 23. The molecule has 1 aliphatic rings. The zero-order valence-electron chi connectivity index (χ0n) is 32.7. The SMILES string of the molecule is CCCC(=O)N(C)[C@@H](Cc1ccc(O)cc1)C(=O)N[C@H](C(=O)N[C@@H](CCC(N)=O)C(=O)N[C@@H](CC(N)=O)C(=O)N[C@@H](CS)C(=O)N1CCC[C@H]1C(=O)O)[C@@H](C)CC. The van der Waals surface area contributed by atoms with E-state index in [0.717, 1.165) is 4.90 Å². The van der Waals surface area contributed by atoms with Gasteiger partial charge in [0.2, 0.25) is 47.3 Å². The number of carbonyl (C=O) groups excluding carboxylic acids is 8. The highest BCUT2D eigenvalue weighted by atomic mass is 32.1. The molecule has 1 aliphatic heterocycles. The molecular weight excluding hydrogens is 765 g/mol. The zero-order chi connectivity index (χ0) is 43.0. The fourth-order valence-electron chi connectivity index (χ4n) is 6.22. The Morgan fingerprint density at radius 3 is 2.00 bits per heavy atom. The van der Waals surface area contributed by atoms with Crippen LogP contribution in [-0.4, -0.2) is 129 Å². The van der Waals surface area contributed by atoms with Gasteiger partial charge in [0.05, 0.1) is 6.42 Å². The fraction of sp³-hybridized carbons (Fsp3) is 0.595. The lowest BCUT2D eigenvalue weighted by atomic mass is 9.96. The van der Waals surface area contributed by atoms with E-state index in [1.165, 1.54) is 24.1 Å². The molecule has 0 aliphatic carbocycles. The first kappa shape index (κ1) is 47.8. The fourth-order valence-corrected chi connectivity index (χ4v) is 6.47. The van der Waals surface area contributed by atoms with Crippen molar-refractivity contribution >= 4 is 65.9 Å². The number of carbonyl (C=O) groups is 9. The number of thiol groups is 1. The van der Waals surface area contributed by atoms with Crippen LogP contribution in [0.25, 0.3) is 0 Å². The first-order valence-electron chi connectivity index (χ1n) is 18.8. The number of phenolic OH excluding ortho intramolecular Hbond substituents is 1. The third-order valence-electron chi connectivity index (χ3n) is 9.75. The summed E-state index contributed by atoms with van der Waals surface area (Å²) >= 11 is 4.13. The lowest BCUT2D eigenvalue weighted by Crippen LogP contribution is -2.61. The van der Waals surface area contributed by atoms with E-state index in [4.69, 9.17) is 11.5 Å². The van der Waals surface area contributed by atoms with Crippen molar-refractivity contribution in [3.05, 3.63) is 29.8 Å². The van der Waals surface area contributed by atoms with Gasteiger partial charge in [-0.15, -0.1) is 0 Å². The lowest BCUT2D eigenvalue weighted by molar-refractivity contribution is -0.149. The summed E-state index contributed by atoms with van der Waals surface area (Å²) in [4.78, 5) is 119. The first-order chi connectivity index (χ1) is 26.8. The molecular formula is C37H56N8O11S. The Kier molecular flexibility index (Phi) is 19.3. The van der Waals surface area contributed by atoms with Gasteiger partial charge in [0.15, 0.2) is 0 Å². The molecule has 57 heavy (non-hydrogen) atoms. The van der Waals surface area contributed by atoms with E-state index in [-0.39, 0.29) is 49.6 Å². The number of phenols is 1. The topological polar surface area (TPSA) is 301 Å². The highest BCUT2D eigenvalue weighted by molar-refractivity contribution is 7.80. The molecule has 10 N–H and O–H groups in total. The van der Waals surface area contributed by atoms with E-state index in [9.17, 15) is 53.4 Å². The average molecular weight is 821 g/mol. The van der Waals surface area contributed by atoms with E-state index >= 15 is 0 Å². The molecule has 0 bridgehead atoms. The maximum Gasteiger partial charge on any atom is 0.326 e. The van der Waals surface area contributed by atoms with Crippen LogP contribution < -0.4 is 32.7 Å². The van der Waals surface area contributed by atoms with Crippen LogP contribution in [0.5, 0.6) is 5.75 Å². The van der Waals surface area contributed by atoms with Crippen molar-refractivity contribution in [2.75, 3.05) is 19.3 Å².